The van der Waals surface area contributed by atoms with E-state index in [0.717, 1.165) is 0 Å². The van der Waals surface area contributed by atoms with Crippen molar-refractivity contribution in [1.29, 1.82) is 0 Å². The first-order chi connectivity index (χ1) is 9.49. The molecule has 2 aromatic rings. The highest BCUT2D eigenvalue weighted by atomic mass is 35.5. The van der Waals surface area contributed by atoms with Crippen molar-refractivity contribution in [3.8, 4) is 0 Å². The van der Waals surface area contributed by atoms with Crippen molar-refractivity contribution >= 4 is 40.3 Å². The van der Waals surface area contributed by atoms with Crippen LogP contribution in [0.2, 0.25) is 10.0 Å². The highest BCUT2D eigenvalue weighted by molar-refractivity contribution is 7.10. The maximum absolute atomic E-state index is 12.3. The first-order valence-electron chi connectivity index (χ1n) is 6.21. The molecule has 0 spiro atoms. The monoisotopic (exact) mass is 327 g/mol. The maximum atomic E-state index is 12.3. The summed E-state index contributed by atoms with van der Waals surface area (Å²) >= 11 is 13.5. The lowest BCUT2D eigenvalue weighted by molar-refractivity contribution is 0.0926. The Labute approximate surface area is 132 Å². The Morgan fingerprint density at radius 3 is 2.65 bits per heavy atom. The van der Waals surface area contributed by atoms with Crippen LogP contribution < -0.4 is 0 Å². The van der Waals surface area contributed by atoms with Gasteiger partial charge < -0.3 is 0 Å². The summed E-state index contributed by atoms with van der Waals surface area (Å²) in [5.74, 6) is 0.0365. The molecule has 0 aliphatic heterocycles. The predicted molar refractivity (Wildman–Crippen MR) is 86.2 cm³/mol. The van der Waals surface area contributed by atoms with Gasteiger partial charge in [0.2, 0.25) is 0 Å². The lowest BCUT2D eigenvalue weighted by atomic mass is 10.1. The second kappa shape index (κ2) is 6.72. The topological polar surface area (TPSA) is 20.3 Å². The molecule has 0 N–H and O–H groups in total. The Kier molecular flexibility index (Phi) is 5.22. The molecule has 0 bridgehead atoms. The van der Waals surface area contributed by atoms with Gasteiger partial charge in [0, 0.05) is 16.5 Å². The van der Waals surface area contributed by atoms with Gasteiger partial charge in [0.15, 0.2) is 5.78 Å². The lowest BCUT2D eigenvalue weighted by Crippen LogP contribution is -2.28. The molecule has 20 heavy (non-hydrogen) atoms. The Morgan fingerprint density at radius 1 is 1.30 bits per heavy atom. The summed E-state index contributed by atoms with van der Waals surface area (Å²) in [6, 6.07) is 9.29. The molecule has 106 valence electrons. The fourth-order valence-electron chi connectivity index (χ4n) is 1.87. The van der Waals surface area contributed by atoms with E-state index in [4.69, 9.17) is 23.2 Å². The Balaban J connectivity index is 2.05. The molecule has 1 atom stereocenters. The van der Waals surface area contributed by atoms with Gasteiger partial charge in [-0.2, -0.15) is 0 Å². The van der Waals surface area contributed by atoms with Crippen molar-refractivity contribution in [3.05, 3.63) is 56.2 Å². The second-order valence-corrected chi connectivity index (χ2v) is 6.45. The first-order valence-corrected chi connectivity index (χ1v) is 7.84. The summed E-state index contributed by atoms with van der Waals surface area (Å²) in [6.45, 7) is 2.44. The Bertz CT molecular complexity index is 598. The van der Waals surface area contributed by atoms with Crippen molar-refractivity contribution in [3.63, 3.8) is 0 Å². The molecule has 2 rings (SSSR count). The van der Waals surface area contributed by atoms with Gasteiger partial charge in [0.05, 0.1) is 16.6 Å². The van der Waals surface area contributed by atoms with E-state index in [1.54, 1.807) is 29.5 Å². The standard InChI is InChI=1S/C15H15Cl2NOS/c1-10(15-4-3-7-20-15)18(2)9-14(19)11-5-6-12(16)13(17)8-11/h3-8,10H,9H2,1-2H3. The smallest absolute Gasteiger partial charge is 0.176 e. The molecular weight excluding hydrogens is 313 g/mol. The summed E-state index contributed by atoms with van der Waals surface area (Å²) in [7, 11) is 1.94. The van der Waals surface area contributed by atoms with Gasteiger partial charge in [0.25, 0.3) is 0 Å². The summed E-state index contributed by atoms with van der Waals surface area (Å²) < 4.78 is 0. The number of thiophene rings is 1. The maximum Gasteiger partial charge on any atom is 0.176 e. The lowest BCUT2D eigenvalue weighted by Gasteiger charge is -2.23. The zero-order valence-corrected chi connectivity index (χ0v) is 13.6. The van der Waals surface area contributed by atoms with Crippen LogP contribution in [-0.2, 0) is 0 Å². The fraction of sp³-hybridized carbons (Fsp3) is 0.267. The fourth-order valence-corrected chi connectivity index (χ4v) is 3.02. The van der Waals surface area contributed by atoms with E-state index in [0.29, 0.717) is 22.2 Å². The molecule has 1 unspecified atom stereocenters. The minimum absolute atomic E-state index is 0.0365. The van der Waals surface area contributed by atoms with E-state index in [9.17, 15) is 4.79 Å². The summed E-state index contributed by atoms with van der Waals surface area (Å²) in [5, 5.41) is 2.91. The van der Waals surface area contributed by atoms with Crippen LogP contribution in [-0.4, -0.2) is 24.3 Å². The SMILES string of the molecule is CC(c1cccs1)N(C)CC(=O)c1ccc(Cl)c(Cl)c1. The number of hydrogen-bond acceptors (Lipinski definition) is 3. The van der Waals surface area contributed by atoms with Crippen LogP contribution in [0.1, 0.15) is 28.2 Å². The predicted octanol–water partition coefficient (Wildman–Crippen LogP) is 4.93. The normalized spacial score (nSPS) is 12.7. The van der Waals surface area contributed by atoms with Gasteiger partial charge in [-0.25, -0.2) is 0 Å². The van der Waals surface area contributed by atoms with Gasteiger partial charge in [-0.1, -0.05) is 29.3 Å². The zero-order valence-electron chi connectivity index (χ0n) is 11.3. The third-order valence-corrected chi connectivity index (χ3v) is 5.03. The van der Waals surface area contributed by atoms with E-state index in [1.165, 1.54) is 4.88 Å². The van der Waals surface area contributed by atoms with Gasteiger partial charge in [-0.3, -0.25) is 9.69 Å². The van der Waals surface area contributed by atoms with Gasteiger partial charge in [-0.15, -0.1) is 11.3 Å². The number of benzene rings is 1. The van der Waals surface area contributed by atoms with Crippen LogP contribution in [0.3, 0.4) is 0 Å². The molecule has 1 heterocycles. The summed E-state index contributed by atoms with van der Waals surface area (Å²) in [6.07, 6.45) is 0. The molecule has 0 fully saturated rings. The largest absolute Gasteiger partial charge is 0.293 e. The third-order valence-electron chi connectivity index (χ3n) is 3.25. The van der Waals surface area contributed by atoms with Crippen LogP contribution in [0.5, 0.6) is 0 Å². The molecule has 5 heteroatoms. The van der Waals surface area contributed by atoms with Crippen LogP contribution in [0.15, 0.2) is 35.7 Å². The number of carbonyl (C=O) groups excluding carboxylic acids is 1. The van der Waals surface area contributed by atoms with Crippen LogP contribution in [0, 0.1) is 0 Å². The minimum Gasteiger partial charge on any atom is -0.293 e. The van der Waals surface area contributed by atoms with Crippen molar-refractivity contribution < 1.29 is 4.79 Å². The molecule has 1 aromatic heterocycles. The van der Waals surface area contributed by atoms with Crippen LogP contribution in [0.25, 0.3) is 0 Å². The molecule has 0 aliphatic carbocycles. The van der Waals surface area contributed by atoms with Crippen molar-refractivity contribution in [2.45, 2.75) is 13.0 Å². The first kappa shape index (κ1) is 15.5. The van der Waals surface area contributed by atoms with Gasteiger partial charge >= 0.3 is 0 Å². The molecule has 0 radical (unpaired) electrons. The van der Waals surface area contributed by atoms with Crippen molar-refractivity contribution in [2.75, 3.05) is 13.6 Å². The molecule has 0 saturated carbocycles. The number of ketones is 1. The molecular formula is C15H15Cl2NOS. The second-order valence-electron chi connectivity index (χ2n) is 4.66. The average molecular weight is 328 g/mol. The number of Topliss-reactive ketones (excluding diaryl/α,β-unsaturated/α-hetero) is 1. The Morgan fingerprint density at radius 2 is 2.05 bits per heavy atom. The minimum atomic E-state index is 0.0365. The molecule has 0 aliphatic rings. The van der Waals surface area contributed by atoms with Gasteiger partial charge in [-0.05, 0) is 43.6 Å². The average Bonchev–Trinajstić information content (AvgIpc) is 2.94. The number of carbonyl (C=O) groups is 1. The number of hydrogen-bond donors (Lipinski definition) is 0. The van der Waals surface area contributed by atoms with Crippen molar-refractivity contribution in [1.82, 2.24) is 4.90 Å². The third kappa shape index (κ3) is 3.61. The van der Waals surface area contributed by atoms with E-state index in [1.807, 2.05) is 23.4 Å². The van der Waals surface area contributed by atoms with Gasteiger partial charge in [0.1, 0.15) is 0 Å². The highest BCUT2D eigenvalue weighted by Gasteiger charge is 2.17. The van der Waals surface area contributed by atoms with E-state index in [-0.39, 0.29) is 11.8 Å². The molecule has 0 amide bonds. The van der Waals surface area contributed by atoms with E-state index < -0.39 is 0 Å². The number of likely N-dealkylation sites (N-methyl/N-ethyl adjacent to an activating group) is 1. The number of halogens is 2. The molecule has 2 nitrogen and oxygen atoms in total. The highest BCUT2D eigenvalue weighted by Crippen LogP contribution is 2.25. The zero-order chi connectivity index (χ0) is 14.7. The summed E-state index contributed by atoms with van der Waals surface area (Å²) in [5.41, 5.74) is 0.588. The van der Waals surface area contributed by atoms with Crippen molar-refractivity contribution in [2.24, 2.45) is 0 Å². The Hall–Kier alpha value is -0.870. The molecule has 0 saturated heterocycles. The van der Waals surface area contributed by atoms with Crippen LogP contribution in [0.4, 0.5) is 0 Å². The van der Waals surface area contributed by atoms with E-state index >= 15 is 0 Å². The van der Waals surface area contributed by atoms with E-state index in [2.05, 4.69) is 13.0 Å². The van der Waals surface area contributed by atoms with Crippen LogP contribution >= 0.6 is 34.5 Å². The molecule has 1 aromatic carbocycles. The number of nitrogens with zero attached hydrogens (tertiary/aromatic N) is 1. The quantitative estimate of drug-likeness (QED) is 0.725. The number of rotatable bonds is 5. The summed E-state index contributed by atoms with van der Waals surface area (Å²) in [4.78, 5) is 15.5.